The van der Waals surface area contributed by atoms with Gasteiger partial charge in [0.15, 0.2) is 0 Å². The maximum atomic E-state index is 10.9. The van der Waals surface area contributed by atoms with Crippen molar-refractivity contribution < 1.29 is 9.84 Å². The molecule has 1 atom stereocenters. The van der Waals surface area contributed by atoms with E-state index in [0.717, 1.165) is 29.7 Å². The van der Waals surface area contributed by atoms with Crippen molar-refractivity contribution in [2.75, 3.05) is 7.11 Å². The van der Waals surface area contributed by atoms with Gasteiger partial charge in [0.1, 0.15) is 5.75 Å². The van der Waals surface area contributed by atoms with Crippen molar-refractivity contribution >= 4 is 0 Å². The van der Waals surface area contributed by atoms with Crippen molar-refractivity contribution in [1.82, 2.24) is 0 Å². The van der Waals surface area contributed by atoms with Crippen molar-refractivity contribution in [3.63, 3.8) is 0 Å². The quantitative estimate of drug-likeness (QED) is 0.914. The Balaban J connectivity index is 2.01. The minimum Gasteiger partial charge on any atom is -0.496 e. The van der Waals surface area contributed by atoms with Crippen molar-refractivity contribution in [3.05, 3.63) is 65.2 Å². The Kier molecular flexibility index (Phi) is 3.27. The molecule has 0 heterocycles. The van der Waals surface area contributed by atoms with E-state index in [2.05, 4.69) is 12.1 Å². The predicted molar refractivity (Wildman–Crippen MR) is 80.0 cm³/mol. The van der Waals surface area contributed by atoms with E-state index in [4.69, 9.17) is 4.74 Å². The topological polar surface area (TPSA) is 29.5 Å². The predicted octanol–water partition coefficient (Wildman–Crippen LogP) is 3.77. The van der Waals surface area contributed by atoms with Crippen LogP contribution in [0.15, 0.2) is 48.5 Å². The Labute approximate surface area is 120 Å². The number of ether oxygens (including phenoxy) is 1. The van der Waals surface area contributed by atoms with Gasteiger partial charge in [-0.2, -0.15) is 0 Å². The molecule has 0 aliphatic heterocycles. The molecule has 104 valence electrons. The van der Waals surface area contributed by atoms with Crippen LogP contribution in [0.1, 0.15) is 35.6 Å². The molecule has 2 nitrogen and oxygen atoms in total. The zero-order valence-electron chi connectivity index (χ0n) is 12.0. The van der Waals surface area contributed by atoms with Crippen molar-refractivity contribution in [1.29, 1.82) is 0 Å². The molecule has 1 saturated carbocycles. The zero-order chi connectivity index (χ0) is 14.2. The number of methoxy groups -OCH3 is 1. The van der Waals surface area contributed by atoms with E-state index < -0.39 is 6.10 Å². The summed E-state index contributed by atoms with van der Waals surface area (Å²) in [6, 6.07) is 16.3. The summed E-state index contributed by atoms with van der Waals surface area (Å²) in [4.78, 5) is 0. The first-order chi connectivity index (χ1) is 9.67. The third-order valence-corrected chi connectivity index (χ3v) is 4.34. The van der Waals surface area contributed by atoms with Crippen LogP contribution in [0.4, 0.5) is 0 Å². The van der Waals surface area contributed by atoms with E-state index in [1.54, 1.807) is 7.11 Å². The number of aliphatic hydroxyl groups is 1. The molecule has 0 saturated heterocycles. The van der Waals surface area contributed by atoms with Gasteiger partial charge in [-0.3, -0.25) is 0 Å². The third kappa shape index (κ3) is 2.10. The third-order valence-electron chi connectivity index (χ3n) is 4.34. The molecule has 1 aliphatic rings. The van der Waals surface area contributed by atoms with Gasteiger partial charge >= 0.3 is 0 Å². The lowest BCUT2D eigenvalue weighted by atomic mass is 9.85. The Morgan fingerprint density at radius 3 is 2.40 bits per heavy atom. The van der Waals surface area contributed by atoms with Gasteiger partial charge in [0.05, 0.1) is 13.2 Å². The van der Waals surface area contributed by atoms with E-state index in [-0.39, 0.29) is 5.41 Å². The number of hydrogen-bond donors (Lipinski definition) is 1. The van der Waals surface area contributed by atoms with Crippen LogP contribution in [-0.4, -0.2) is 12.2 Å². The lowest BCUT2D eigenvalue weighted by Gasteiger charge is -2.25. The lowest BCUT2D eigenvalue weighted by molar-refractivity contribution is 0.129. The summed E-state index contributed by atoms with van der Waals surface area (Å²) in [5, 5.41) is 10.9. The number of hydrogen-bond acceptors (Lipinski definition) is 2. The van der Waals surface area contributed by atoms with Crippen LogP contribution in [0.5, 0.6) is 5.75 Å². The van der Waals surface area contributed by atoms with Crippen LogP contribution in [-0.2, 0) is 5.41 Å². The van der Waals surface area contributed by atoms with Crippen LogP contribution in [0.2, 0.25) is 0 Å². The maximum Gasteiger partial charge on any atom is 0.124 e. The molecule has 1 unspecified atom stereocenters. The van der Waals surface area contributed by atoms with Gasteiger partial charge in [-0.25, -0.2) is 0 Å². The summed E-state index contributed by atoms with van der Waals surface area (Å²) in [6.45, 7) is 2.04. The SMILES string of the molecule is COc1ccc(C)cc1C(O)C1(c2ccccc2)CC1. The van der Waals surface area contributed by atoms with E-state index in [9.17, 15) is 5.11 Å². The van der Waals surface area contributed by atoms with E-state index in [1.165, 1.54) is 5.56 Å². The molecule has 0 bridgehead atoms. The smallest absolute Gasteiger partial charge is 0.124 e. The maximum absolute atomic E-state index is 10.9. The van der Waals surface area contributed by atoms with Crippen LogP contribution < -0.4 is 4.74 Å². The lowest BCUT2D eigenvalue weighted by Crippen LogP contribution is -2.19. The Morgan fingerprint density at radius 1 is 1.10 bits per heavy atom. The summed E-state index contributed by atoms with van der Waals surface area (Å²) in [5.74, 6) is 0.769. The number of benzene rings is 2. The van der Waals surface area contributed by atoms with Crippen LogP contribution in [0, 0.1) is 6.92 Å². The fourth-order valence-electron chi connectivity index (χ4n) is 2.99. The molecular formula is C18H20O2. The zero-order valence-corrected chi connectivity index (χ0v) is 12.0. The molecule has 0 radical (unpaired) electrons. The van der Waals surface area contributed by atoms with Gasteiger partial charge in [-0.1, -0.05) is 42.0 Å². The summed E-state index contributed by atoms with van der Waals surface area (Å²) < 4.78 is 5.42. The molecule has 1 N–H and O–H groups in total. The van der Waals surface area contributed by atoms with E-state index >= 15 is 0 Å². The molecule has 2 aromatic carbocycles. The fourth-order valence-corrected chi connectivity index (χ4v) is 2.99. The molecule has 2 aromatic rings. The van der Waals surface area contributed by atoms with Crippen molar-refractivity contribution in [2.24, 2.45) is 0 Å². The van der Waals surface area contributed by atoms with Gasteiger partial charge in [0, 0.05) is 11.0 Å². The number of aryl methyl sites for hydroxylation is 1. The Bertz CT molecular complexity index is 600. The second-order valence-electron chi connectivity index (χ2n) is 5.67. The molecule has 2 heteroatoms. The average molecular weight is 268 g/mol. The van der Waals surface area contributed by atoms with Crippen molar-refractivity contribution in [3.8, 4) is 5.75 Å². The van der Waals surface area contributed by atoms with Gasteiger partial charge in [-0.05, 0) is 37.5 Å². The molecule has 0 spiro atoms. The van der Waals surface area contributed by atoms with Crippen LogP contribution in [0.3, 0.4) is 0 Å². The molecule has 1 fully saturated rings. The summed E-state index contributed by atoms with van der Waals surface area (Å²) in [5.41, 5.74) is 3.12. The van der Waals surface area contributed by atoms with Crippen LogP contribution >= 0.6 is 0 Å². The normalized spacial score (nSPS) is 17.6. The molecule has 3 rings (SSSR count). The second kappa shape index (κ2) is 4.95. The highest BCUT2D eigenvalue weighted by Crippen LogP contribution is 2.57. The van der Waals surface area contributed by atoms with Crippen LogP contribution in [0.25, 0.3) is 0 Å². The van der Waals surface area contributed by atoms with Gasteiger partial charge in [0.25, 0.3) is 0 Å². The van der Waals surface area contributed by atoms with Gasteiger partial charge < -0.3 is 9.84 Å². The molecule has 0 amide bonds. The summed E-state index contributed by atoms with van der Waals surface area (Å²) in [7, 11) is 1.66. The standard InChI is InChI=1S/C18H20O2/c1-13-8-9-16(20-2)15(12-13)17(19)18(10-11-18)14-6-4-3-5-7-14/h3-9,12,17,19H,10-11H2,1-2H3. The van der Waals surface area contributed by atoms with Gasteiger partial charge in [-0.15, -0.1) is 0 Å². The minimum absolute atomic E-state index is 0.137. The Hall–Kier alpha value is -1.80. The minimum atomic E-state index is -0.514. The highest BCUT2D eigenvalue weighted by atomic mass is 16.5. The Morgan fingerprint density at radius 2 is 1.80 bits per heavy atom. The monoisotopic (exact) mass is 268 g/mol. The molecule has 0 aromatic heterocycles. The van der Waals surface area contributed by atoms with Gasteiger partial charge in [0.2, 0.25) is 0 Å². The van der Waals surface area contributed by atoms with E-state index in [0.29, 0.717) is 0 Å². The summed E-state index contributed by atoms with van der Waals surface area (Å²) >= 11 is 0. The first-order valence-electron chi connectivity index (χ1n) is 7.05. The first-order valence-corrected chi connectivity index (χ1v) is 7.05. The molecular weight excluding hydrogens is 248 g/mol. The van der Waals surface area contributed by atoms with E-state index in [1.807, 2.05) is 43.3 Å². The highest BCUT2D eigenvalue weighted by Gasteiger charge is 2.51. The number of rotatable bonds is 4. The highest BCUT2D eigenvalue weighted by molar-refractivity contribution is 5.44. The van der Waals surface area contributed by atoms with Crippen molar-refractivity contribution in [2.45, 2.75) is 31.3 Å². The first kappa shape index (κ1) is 13.2. The number of aliphatic hydroxyl groups excluding tert-OH is 1. The molecule has 1 aliphatic carbocycles. The average Bonchev–Trinajstić information content (AvgIpc) is 3.29. The fraction of sp³-hybridized carbons (Fsp3) is 0.333. The molecule has 20 heavy (non-hydrogen) atoms. The summed E-state index contributed by atoms with van der Waals surface area (Å²) in [6.07, 6.45) is 1.53. The largest absolute Gasteiger partial charge is 0.496 e. The second-order valence-corrected chi connectivity index (χ2v) is 5.67.